The number of ketones is 1. The number of carbonyl (C=O) groups is 1. The van der Waals surface area contributed by atoms with Gasteiger partial charge in [0.25, 0.3) is 0 Å². The van der Waals surface area contributed by atoms with Crippen LogP contribution < -0.4 is 10.6 Å². The normalized spacial score (nSPS) is 17.6. The minimum atomic E-state index is -0.665. The van der Waals surface area contributed by atoms with Crippen molar-refractivity contribution in [3.05, 3.63) is 98.3 Å². The van der Waals surface area contributed by atoms with Gasteiger partial charge in [-0.3, -0.25) is 4.79 Å². The summed E-state index contributed by atoms with van der Waals surface area (Å²) in [5, 5.41) is 17.7. The molecule has 0 spiro atoms. The molecule has 2 aliphatic rings. The fourth-order valence-electron chi connectivity index (χ4n) is 5.52. The maximum Gasteiger partial charge on any atom is 0.162 e. The van der Waals surface area contributed by atoms with Gasteiger partial charge in [0, 0.05) is 17.8 Å². The Labute approximate surface area is 216 Å². The van der Waals surface area contributed by atoms with Crippen LogP contribution in [0.25, 0.3) is 6.08 Å². The lowest BCUT2D eigenvalue weighted by Gasteiger charge is -2.24. The molecule has 0 amide bonds. The summed E-state index contributed by atoms with van der Waals surface area (Å²) >= 11 is 0. The van der Waals surface area contributed by atoms with Crippen molar-refractivity contribution >= 4 is 11.9 Å². The Hall–Kier alpha value is -2.95. The van der Waals surface area contributed by atoms with Gasteiger partial charge in [0.15, 0.2) is 5.78 Å². The Morgan fingerprint density at radius 2 is 1.86 bits per heavy atom. The number of benzene rings is 2. The molecule has 3 N–H and O–H groups in total. The SMILES string of the molecule is C/C=C\C(NC[C@@H](O)c1ccc(C)c(C)c1)=C(/C(C)=O)C1=Cc2c(C)cc(C3CCNCC3)cc2C1. The fraction of sp³-hybridized carbons (Fsp3) is 0.406. The van der Waals surface area contributed by atoms with Crippen LogP contribution in [-0.4, -0.2) is 30.5 Å². The van der Waals surface area contributed by atoms with E-state index in [9.17, 15) is 9.90 Å². The molecule has 4 rings (SSSR count). The first-order valence-corrected chi connectivity index (χ1v) is 13.2. The van der Waals surface area contributed by atoms with Crippen molar-refractivity contribution in [3.63, 3.8) is 0 Å². The summed E-state index contributed by atoms with van der Waals surface area (Å²) in [6, 6.07) is 10.8. The summed E-state index contributed by atoms with van der Waals surface area (Å²) in [6.45, 7) is 12.4. The monoisotopic (exact) mass is 484 g/mol. The van der Waals surface area contributed by atoms with Crippen LogP contribution in [0.15, 0.2) is 59.3 Å². The van der Waals surface area contributed by atoms with E-state index in [1.165, 1.54) is 40.7 Å². The molecular weight excluding hydrogens is 444 g/mol. The zero-order valence-corrected chi connectivity index (χ0v) is 22.4. The molecule has 4 heteroatoms. The van der Waals surface area contributed by atoms with E-state index in [1.54, 1.807) is 6.92 Å². The number of carbonyl (C=O) groups excluding carboxylic acids is 1. The van der Waals surface area contributed by atoms with E-state index in [0.29, 0.717) is 18.0 Å². The summed E-state index contributed by atoms with van der Waals surface area (Å²) < 4.78 is 0. The molecule has 1 aliphatic carbocycles. The number of aryl methyl sites for hydroxylation is 3. The molecule has 4 nitrogen and oxygen atoms in total. The molecule has 1 saturated heterocycles. The van der Waals surface area contributed by atoms with E-state index >= 15 is 0 Å². The van der Waals surface area contributed by atoms with Crippen molar-refractivity contribution in [2.45, 2.75) is 65.9 Å². The molecule has 0 aromatic heterocycles. The highest BCUT2D eigenvalue weighted by Gasteiger charge is 2.25. The topological polar surface area (TPSA) is 61.4 Å². The van der Waals surface area contributed by atoms with Gasteiger partial charge in [-0.25, -0.2) is 0 Å². The lowest BCUT2D eigenvalue weighted by atomic mass is 9.87. The molecule has 0 bridgehead atoms. The molecule has 2 aromatic rings. The lowest BCUT2D eigenvalue weighted by molar-refractivity contribution is -0.113. The van der Waals surface area contributed by atoms with Gasteiger partial charge in [-0.2, -0.15) is 0 Å². The largest absolute Gasteiger partial charge is 0.387 e. The Bertz CT molecular complexity index is 1230. The highest BCUT2D eigenvalue weighted by atomic mass is 16.3. The van der Waals surface area contributed by atoms with Crippen LogP contribution in [0.2, 0.25) is 0 Å². The first-order chi connectivity index (χ1) is 17.3. The molecule has 0 unspecified atom stereocenters. The number of hydrogen-bond acceptors (Lipinski definition) is 4. The Morgan fingerprint density at radius 3 is 2.53 bits per heavy atom. The predicted octanol–water partition coefficient (Wildman–Crippen LogP) is 5.76. The summed E-state index contributed by atoms with van der Waals surface area (Å²) in [5.74, 6) is 0.640. The summed E-state index contributed by atoms with van der Waals surface area (Å²) in [5.41, 5.74) is 11.0. The zero-order valence-electron chi connectivity index (χ0n) is 22.4. The Kier molecular flexibility index (Phi) is 8.28. The second-order valence-corrected chi connectivity index (χ2v) is 10.4. The number of hydrogen-bond donors (Lipinski definition) is 3. The van der Waals surface area contributed by atoms with Crippen LogP contribution in [0.5, 0.6) is 0 Å². The molecular formula is C32H40N2O2. The molecule has 1 atom stereocenters. The van der Waals surface area contributed by atoms with Gasteiger partial charge >= 0.3 is 0 Å². The van der Waals surface area contributed by atoms with Gasteiger partial charge < -0.3 is 15.7 Å². The quantitative estimate of drug-likeness (QED) is 0.329. The van der Waals surface area contributed by atoms with E-state index in [-0.39, 0.29) is 5.78 Å². The number of nitrogens with one attached hydrogen (secondary N) is 2. The van der Waals surface area contributed by atoms with Crippen LogP contribution in [-0.2, 0) is 11.2 Å². The first kappa shape index (κ1) is 26.1. The second kappa shape index (κ2) is 11.4. The average Bonchev–Trinajstić information content (AvgIpc) is 3.28. The number of aliphatic hydroxyl groups excluding tert-OH is 1. The van der Waals surface area contributed by atoms with Crippen molar-refractivity contribution in [1.82, 2.24) is 10.6 Å². The third-order valence-electron chi connectivity index (χ3n) is 7.68. The van der Waals surface area contributed by atoms with Crippen molar-refractivity contribution in [2.75, 3.05) is 19.6 Å². The van der Waals surface area contributed by atoms with Gasteiger partial charge in [0.05, 0.1) is 6.10 Å². The minimum Gasteiger partial charge on any atom is -0.387 e. The Balaban J connectivity index is 1.60. The molecule has 0 radical (unpaired) electrons. The van der Waals surface area contributed by atoms with E-state index in [0.717, 1.165) is 41.9 Å². The van der Waals surface area contributed by atoms with E-state index in [4.69, 9.17) is 0 Å². The van der Waals surface area contributed by atoms with Crippen LogP contribution in [0.3, 0.4) is 0 Å². The molecule has 1 heterocycles. The van der Waals surface area contributed by atoms with Gasteiger partial charge in [-0.05, 0) is 123 Å². The lowest BCUT2D eigenvalue weighted by Crippen LogP contribution is -2.26. The van der Waals surface area contributed by atoms with Gasteiger partial charge in [-0.1, -0.05) is 42.5 Å². The molecule has 1 fully saturated rings. The number of piperidine rings is 1. The third kappa shape index (κ3) is 5.71. The maximum absolute atomic E-state index is 13.0. The van der Waals surface area contributed by atoms with Crippen molar-refractivity contribution in [3.8, 4) is 0 Å². The maximum atomic E-state index is 13.0. The van der Waals surface area contributed by atoms with Crippen LogP contribution in [0.4, 0.5) is 0 Å². The first-order valence-electron chi connectivity index (χ1n) is 13.2. The molecule has 36 heavy (non-hydrogen) atoms. The standard InChI is InChI=1S/C32H40N2O2/c1-6-7-30(34-19-31(36)25-9-8-20(2)21(3)14-25)32(23(5)35)28-17-27-16-26(15-22(4)29(27)18-28)24-10-12-33-13-11-24/h6-9,14-16,18,24,31,33-34,36H,10-13,17,19H2,1-5H3/b7-6-,32-30-/t31-/m1/s1. The number of aliphatic hydroxyl groups is 1. The number of allylic oxidation sites excluding steroid dienone is 4. The number of rotatable bonds is 8. The van der Waals surface area contributed by atoms with Crippen molar-refractivity contribution < 1.29 is 9.90 Å². The summed E-state index contributed by atoms with van der Waals surface area (Å²) in [6.07, 6.45) is 8.52. The third-order valence-corrected chi connectivity index (χ3v) is 7.68. The fourth-order valence-corrected chi connectivity index (χ4v) is 5.52. The number of fused-ring (bicyclic) bond motifs is 1. The van der Waals surface area contributed by atoms with E-state index < -0.39 is 6.10 Å². The summed E-state index contributed by atoms with van der Waals surface area (Å²) in [7, 11) is 0. The minimum absolute atomic E-state index is 0.0338. The van der Waals surface area contributed by atoms with Gasteiger partial charge in [-0.15, -0.1) is 0 Å². The second-order valence-electron chi connectivity index (χ2n) is 10.4. The Morgan fingerprint density at radius 1 is 1.11 bits per heavy atom. The van der Waals surface area contributed by atoms with Crippen LogP contribution >= 0.6 is 0 Å². The predicted molar refractivity (Wildman–Crippen MR) is 149 cm³/mol. The molecule has 1 aliphatic heterocycles. The van der Waals surface area contributed by atoms with Gasteiger partial charge in [0.2, 0.25) is 0 Å². The average molecular weight is 485 g/mol. The van der Waals surface area contributed by atoms with Gasteiger partial charge in [0.1, 0.15) is 0 Å². The van der Waals surface area contributed by atoms with E-state index in [2.05, 4.69) is 49.6 Å². The molecule has 190 valence electrons. The molecule has 2 aromatic carbocycles. The molecule has 0 saturated carbocycles. The van der Waals surface area contributed by atoms with Crippen molar-refractivity contribution in [2.24, 2.45) is 0 Å². The highest BCUT2D eigenvalue weighted by molar-refractivity contribution is 6.01. The van der Waals surface area contributed by atoms with Crippen LogP contribution in [0, 0.1) is 20.8 Å². The number of Topliss-reactive ketones (excluding diaryl/α,β-unsaturated/α-hetero) is 1. The van der Waals surface area contributed by atoms with Crippen molar-refractivity contribution in [1.29, 1.82) is 0 Å². The smallest absolute Gasteiger partial charge is 0.162 e. The van der Waals surface area contributed by atoms with Crippen LogP contribution in [0.1, 0.15) is 77.7 Å². The van der Waals surface area contributed by atoms with E-state index in [1.807, 2.05) is 37.3 Å². The zero-order chi connectivity index (χ0) is 25.8. The highest BCUT2D eigenvalue weighted by Crippen LogP contribution is 2.37. The summed E-state index contributed by atoms with van der Waals surface area (Å²) in [4.78, 5) is 13.0.